The van der Waals surface area contributed by atoms with Crippen LogP contribution in [0.1, 0.15) is 24.0 Å². The number of nitriles is 1. The van der Waals surface area contributed by atoms with Gasteiger partial charge in [0, 0.05) is 17.6 Å². The van der Waals surface area contributed by atoms with Crippen molar-refractivity contribution in [2.45, 2.75) is 19.8 Å². The van der Waals surface area contributed by atoms with Gasteiger partial charge in [0.1, 0.15) is 10.7 Å². The first-order valence-corrected chi connectivity index (χ1v) is 11.6. The number of hydrogen-bond donors (Lipinski definition) is 0. The third-order valence-corrected chi connectivity index (χ3v) is 6.84. The van der Waals surface area contributed by atoms with Gasteiger partial charge in [0.15, 0.2) is 5.57 Å². The molecule has 0 atom stereocenters. The summed E-state index contributed by atoms with van der Waals surface area (Å²) in [5.74, 6) is -0.308. The molecule has 0 radical (unpaired) electrons. The van der Waals surface area contributed by atoms with E-state index < -0.39 is 0 Å². The molecule has 1 saturated heterocycles. The highest BCUT2D eigenvalue weighted by atomic mass is 79.9. The Morgan fingerprint density at radius 3 is 2.58 bits per heavy atom. The number of aryl methyl sites for hydroxylation is 1. The number of thiazole rings is 1. The van der Waals surface area contributed by atoms with E-state index in [0.29, 0.717) is 28.0 Å². The van der Waals surface area contributed by atoms with Gasteiger partial charge in [0.05, 0.1) is 10.2 Å². The summed E-state index contributed by atoms with van der Waals surface area (Å²) in [6, 6.07) is 17.2. The summed E-state index contributed by atoms with van der Waals surface area (Å²) in [7, 11) is 0. The molecule has 1 amide bonds. The number of carbonyl (C=O) groups is 1. The molecule has 0 saturated carbocycles. The zero-order valence-electron chi connectivity index (χ0n) is 17.0. The molecule has 156 valence electrons. The van der Waals surface area contributed by atoms with E-state index in [9.17, 15) is 14.9 Å². The van der Waals surface area contributed by atoms with Gasteiger partial charge in [-0.1, -0.05) is 46.3 Å². The second kappa shape index (κ2) is 9.04. The lowest BCUT2D eigenvalue weighted by Gasteiger charge is -2.14. The maximum Gasteiger partial charge on any atom is 0.273 e. The van der Waals surface area contributed by atoms with Crippen LogP contribution < -0.4 is 14.8 Å². The molecule has 0 N–H and O–H groups in total. The number of rotatable bonds is 3. The van der Waals surface area contributed by atoms with Crippen molar-refractivity contribution >= 4 is 44.8 Å². The fourth-order valence-corrected chi connectivity index (χ4v) is 5.20. The van der Waals surface area contributed by atoms with Crippen LogP contribution in [0.3, 0.4) is 0 Å². The highest BCUT2D eigenvalue weighted by Crippen LogP contribution is 2.15. The van der Waals surface area contributed by atoms with Crippen molar-refractivity contribution in [2.75, 3.05) is 13.1 Å². The standard InChI is InChI=1S/C24H20BrN3O2S/c1-16-7-2-3-10-20(16)28-23(30)21(14-17-8-6-9-18(25)13-17)31-24(28)19(15-26)22(29)27-11-4-5-12-27/h2-3,6-10,13-14H,4-5,11-12H2,1H3/b21-14-,24-19-. The highest BCUT2D eigenvalue weighted by Gasteiger charge is 2.24. The summed E-state index contributed by atoms with van der Waals surface area (Å²) >= 11 is 4.64. The largest absolute Gasteiger partial charge is 0.338 e. The van der Waals surface area contributed by atoms with Crippen molar-refractivity contribution in [2.24, 2.45) is 0 Å². The summed E-state index contributed by atoms with van der Waals surface area (Å²) in [5, 5.41) is 9.92. The molecule has 1 aliphatic rings. The van der Waals surface area contributed by atoms with E-state index in [-0.39, 0.29) is 17.0 Å². The van der Waals surface area contributed by atoms with Crippen LogP contribution in [0.25, 0.3) is 17.3 Å². The van der Waals surface area contributed by atoms with E-state index in [0.717, 1.165) is 28.4 Å². The zero-order chi connectivity index (χ0) is 22.0. The number of benzene rings is 2. The van der Waals surface area contributed by atoms with Crippen LogP contribution in [0.15, 0.2) is 57.8 Å². The van der Waals surface area contributed by atoms with Crippen molar-refractivity contribution in [3.63, 3.8) is 0 Å². The first kappa shape index (κ1) is 21.3. The van der Waals surface area contributed by atoms with Gasteiger partial charge in [-0.2, -0.15) is 5.26 Å². The number of hydrogen-bond acceptors (Lipinski definition) is 4. The van der Waals surface area contributed by atoms with Gasteiger partial charge in [-0.3, -0.25) is 14.2 Å². The van der Waals surface area contributed by atoms with Crippen LogP contribution in [0.4, 0.5) is 0 Å². The SMILES string of the molecule is Cc1ccccc1-n1c(=O)/c(=C/c2cccc(Br)c2)s/c1=C(/C#N)C(=O)N1CCCC1. The summed E-state index contributed by atoms with van der Waals surface area (Å²) in [4.78, 5) is 28.3. The molecule has 7 heteroatoms. The van der Waals surface area contributed by atoms with Crippen LogP contribution in [0, 0.1) is 18.3 Å². The summed E-state index contributed by atoms with van der Waals surface area (Å²) in [6.07, 6.45) is 3.66. The lowest BCUT2D eigenvalue weighted by molar-refractivity contribution is -0.123. The fraction of sp³-hybridized carbons (Fsp3) is 0.208. The molecule has 0 bridgehead atoms. The van der Waals surface area contributed by atoms with Crippen molar-refractivity contribution < 1.29 is 4.79 Å². The molecule has 2 aromatic carbocycles. The van der Waals surface area contributed by atoms with Gasteiger partial charge in [0.25, 0.3) is 11.5 Å². The third kappa shape index (κ3) is 4.27. The summed E-state index contributed by atoms with van der Waals surface area (Å²) < 4.78 is 3.26. The van der Waals surface area contributed by atoms with Gasteiger partial charge < -0.3 is 4.90 Å². The third-order valence-electron chi connectivity index (χ3n) is 5.26. The lowest BCUT2D eigenvalue weighted by Crippen LogP contribution is -2.35. The number of amides is 1. The Morgan fingerprint density at radius 1 is 1.16 bits per heavy atom. The van der Waals surface area contributed by atoms with Crippen LogP contribution in [-0.2, 0) is 4.79 Å². The molecule has 1 aromatic heterocycles. The predicted molar refractivity (Wildman–Crippen MR) is 126 cm³/mol. The molecule has 5 nitrogen and oxygen atoms in total. The fourth-order valence-electron chi connectivity index (χ4n) is 3.70. The Balaban J connectivity index is 2.04. The maximum atomic E-state index is 13.5. The minimum Gasteiger partial charge on any atom is -0.338 e. The van der Waals surface area contributed by atoms with Gasteiger partial charge >= 0.3 is 0 Å². The average Bonchev–Trinajstić information content (AvgIpc) is 3.39. The quantitative estimate of drug-likeness (QED) is 0.562. The minimum atomic E-state index is -0.308. The van der Waals surface area contributed by atoms with Crippen molar-refractivity contribution in [1.29, 1.82) is 5.26 Å². The number of nitrogens with zero attached hydrogens (tertiary/aromatic N) is 3. The van der Waals surface area contributed by atoms with Gasteiger partial charge in [-0.25, -0.2) is 0 Å². The second-order valence-electron chi connectivity index (χ2n) is 7.38. The van der Waals surface area contributed by atoms with Crippen molar-refractivity contribution in [3.8, 4) is 11.8 Å². The normalized spacial score (nSPS) is 15.1. The lowest BCUT2D eigenvalue weighted by atomic mass is 10.2. The number of aromatic nitrogens is 1. The number of halogens is 1. The Morgan fingerprint density at radius 2 is 1.90 bits per heavy atom. The van der Waals surface area contributed by atoms with Crippen molar-refractivity contribution in [3.05, 3.63) is 83.7 Å². The molecule has 0 aliphatic carbocycles. The first-order valence-electron chi connectivity index (χ1n) is 9.98. The Kier molecular flexibility index (Phi) is 6.21. The Bertz CT molecular complexity index is 1370. The molecule has 31 heavy (non-hydrogen) atoms. The van der Waals surface area contributed by atoms with E-state index in [2.05, 4.69) is 22.0 Å². The molecule has 4 rings (SSSR count). The average molecular weight is 494 g/mol. The molecular weight excluding hydrogens is 474 g/mol. The van der Waals surface area contributed by atoms with Crippen LogP contribution in [0.5, 0.6) is 0 Å². The molecule has 1 fully saturated rings. The van der Waals surface area contributed by atoms with Crippen molar-refractivity contribution in [1.82, 2.24) is 9.47 Å². The number of carbonyl (C=O) groups excluding carboxylic acids is 1. The minimum absolute atomic E-state index is 0.0149. The summed E-state index contributed by atoms with van der Waals surface area (Å²) in [6.45, 7) is 3.19. The Hall–Kier alpha value is -2.95. The maximum absolute atomic E-state index is 13.5. The Labute approximate surface area is 192 Å². The summed E-state index contributed by atoms with van der Waals surface area (Å²) in [5.41, 5.74) is 2.20. The first-order chi connectivity index (χ1) is 15.0. The second-order valence-corrected chi connectivity index (χ2v) is 9.33. The zero-order valence-corrected chi connectivity index (χ0v) is 19.4. The molecule has 2 heterocycles. The van der Waals surface area contributed by atoms with Gasteiger partial charge in [-0.05, 0) is 55.2 Å². The topological polar surface area (TPSA) is 66.1 Å². The monoisotopic (exact) mass is 493 g/mol. The smallest absolute Gasteiger partial charge is 0.273 e. The van der Waals surface area contributed by atoms with Gasteiger partial charge in [0.2, 0.25) is 0 Å². The predicted octanol–water partition coefficient (Wildman–Crippen LogP) is 3.10. The molecule has 3 aromatic rings. The number of likely N-dealkylation sites (tertiary alicyclic amines) is 1. The highest BCUT2D eigenvalue weighted by molar-refractivity contribution is 9.10. The van der Waals surface area contributed by atoms with E-state index in [1.54, 1.807) is 11.0 Å². The van der Waals surface area contributed by atoms with E-state index in [1.807, 2.05) is 55.5 Å². The van der Waals surface area contributed by atoms with Gasteiger partial charge in [-0.15, -0.1) is 11.3 Å². The van der Waals surface area contributed by atoms with E-state index in [1.165, 1.54) is 15.9 Å². The molecule has 0 unspecified atom stereocenters. The molecule has 0 spiro atoms. The van der Waals surface area contributed by atoms with Crippen LogP contribution >= 0.6 is 27.3 Å². The molecular formula is C24H20BrN3O2S. The van der Waals surface area contributed by atoms with Crippen LogP contribution in [0.2, 0.25) is 0 Å². The van der Waals surface area contributed by atoms with Crippen LogP contribution in [-0.4, -0.2) is 28.5 Å². The number of para-hydroxylation sites is 1. The van der Waals surface area contributed by atoms with E-state index >= 15 is 0 Å². The van der Waals surface area contributed by atoms with E-state index in [4.69, 9.17) is 0 Å². The molecule has 1 aliphatic heterocycles.